The van der Waals surface area contributed by atoms with E-state index in [1.54, 1.807) is 0 Å². The molecule has 2 aromatic rings. The Balaban J connectivity index is 2.03. The van der Waals surface area contributed by atoms with Gasteiger partial charge in [-0.05, 0) is 52.8 Å². The van der Waals surface area contributed by atoms with Gasteiger partial charge >= 0.3 is 0 Å². The van der Waals surface area contributed by atoms with Crippen molar-refractivity contribution in [1.29, 1.82) is 0 Å². The van der Waals surface area contributed by atoms with Crippen LogP contribution in [0.15, 0.2) is 37.8 Å². The highest BCUT2D eigenvalue weighted by molar-refractivity contribution is 9.10. The molecule has 1 atom stereocenters. The van der Waals surface area contributed by atoms with Crippen molar-refractivity contribution in [3.05, 3.63) is 44.7 Å². The van der Waals surface area contributed by atoms with Crippen LogP contribution in [0.1, 0.15) is 17.4 Å². The van der Waals surface area contributed by atoms with Gasteiger partial charge < -0.3 is 19.2 Å². The molecule has 6 heteroatoms. The summed E-state index contributed by atoms with van der Waals surface area (Å²) in [4.78, 5) is 0. The molecule has 1 aliphatic rings. The van der Waals surface area contributed by atoms with E-state index in [0.29, 0.717) is 17.9 Å². The number of rotatable bonds is 3. The second kappa shape index (κ2) is 5.79. The van der Waals surface area contributed by atoms with Crippen LogP contribution in [0.25, 0.3) is 0 Å². The van der Waals surface area contributed by atoms with Gasteiger partial charge in [-0.2, -0.15) is 0 Å². The summed E-state index contributed by atoms with van der Waals surface area (Å²) in [6, 6.07) is 7.68. The lowest BCUT2D eigenvalue weighted by molar-refractivity contribution is 0.171. The van der Waals surface area contributed by atoms with Crippen molar-refractivity contribution in [2.45, 2.75) is 6.04 Å². The number of halogens is 2. The molecule has 4 nitrogen and oxygen atoms in total. The Bertz CT molecular complexity index is 627. The van der Waals surface area contributed by atoms with Gasteiger partial charge in [0.15, 0.2) is 16.2 Å². The lowest BCUT2D eigenvalue weighted by Crippen LogP contribution is -2.19. The fraction of sp³-hybridized carbons (Fsp3) is 0.286. The molecule has 1 N–H and O–H groups in total. The van der Waals surface area contributed by atoms with Gasteiger partial charge in [0.25, 0.3) is 0 Å². The SMILES string of the molecule is CNC(c1ccc(Br)o1)c1cc2c(cc1Br)OCCO2. The molecule has 3 rings (SSSR count). The predicted octanol–water partition coefficient (Wildman–Crippen LogP) is 3.88. The van der Waals surface area contributed by atoms with Crippen molar-refractivity contribution >= 4 is 31.9 Å². The monoisotopic (exact) mass is 401 g/mol. The second-order valence-corrected chi connectivity index (χ2v) is 6.02. The van der Waals surface area contributed by atoms with Gasteiger partial charge in [-0.25, -0.2) is 0 Å². The molecule has 20 heavy (non-hydrogen) atoms. The van der Waals surface area contributed by atoms with Crippen LogP contribution in [-0.4, -0.2) is 20.3 Å². The molecule has 0 radical (unpaired) electrons. The van der Waals surface area contributed by atoms with E-state index in [0.717, 1.165) is 27.3 Å². The third-order valence-electron chi connectivity index (χ3n) is 3.14. The number of hydrogen-bond donors (Lipinski definition) is 1. The van der Waals surface area contributed by atoms with Crippen LogP contribution in [0.2, 0.25) is 0 Å². The maximum absolute atomic E-state index is 5.65. The van der Waals surface area contributed by atoms with Crippen molar-refractivity contribution in [3.63, 3.8) is 0 Å². The van der Waals surface area contributed by atoms with Crippen molar-refractivity contribution in [2.75, 3.05) is 20.3 Å². The highest BCUT2D eigenvalue weighted by Gasteiger charge is 2.22. The maximum Gasteiger partial charge on any atom is 0.169 e. The van der Waals surface area contributed by atoms with E-state index in [1.165, 1.54) is 0 Å². The van der Waals surface area contributed by atoms with Gasteiger partial charge in [-0.3, -0.25) is 0 Å². The number of ether oxygens (including phenoxy) is 2. The van der Waals surface area contributed by atoms with Gasteiger partial charge in [0.1, 0.15) is 19.0 Å². The van der Waals surface area contributed by atoms with E-state index in [-0.39, 0.29) is 6.04 Å². The number of benzene rings is 1. The first-order valence-electron chi connectivity index (χ1n) is 6.20. The first kappa shape index (κ1) is 14.0. The number of fused-ring (bicyclic) bond motifs is 1. The van der Waals surface area contributed by atoms with Gasteiger partial charge in [0.2, 0.25) is 0 Å². The Morgan fingerprint density at radius 2 is 1.80 bits per heavy atom. The quantitative estimate of drug-likeness (QED) is 0.845. The van der Waals surface area contributed by atoms with Crippen LogP contribution in [-0.2, 0) is 0 Å². The second-order valence-electron chi connectivity index (χ2n) is 4.38. The average Bonchev–Trinajstić information content (AvgIpc) is 2.86. The summed E-state index contributed by atoms with van der Waals surface area (Å²) in [5.74, 6) is 2.36. The molecule has 0 aliphatic carbocycles. The summed E-state index contributed by atoms with van der Waals surface area (Å²) >= 11 is 6.92. The molecule has 106 valence electrons. The Labute approximate surface area is 133 Å². The fourth-order valence-electron chi connectivity index (χ4n) is 2.24. The zero-order valence-electron chi connectivity index (χ0n) is 10.8. The lowest BCUT2D eigenvalue weighted by atomic mass is 10.0. The van der Waals surface area contributed by atoms with Crippen molar-refractivity contribution in [1.82, 2.24) is 5.32 Å². The molecule has 1 aromatic heterocycles. The Morgan fingerprint density at radius 3 is 2.40 bits per heavy atom. The molecule has 0 amide bonds. The first-order chi connectivity index (χ1) is 9.69. The van der Waals surface area contributed by atoms with Crippen LogP contribution in [0.4, 0.5) is 0 Å². The molecule has 0 saturated heterocycles. The van der Waals surface area contributed by atoms with E-state index in [1.807, 2.05) is 31.3 Å². The average molecular weight is 403 g/mol. The zero-order chi connectivity index (χ0) is 14.1. The van der Waals surface area contributed by atoms with E-state index in [9.17, 15) is 0 Å². The minimum atomic E-state index is -0.0634. The number of nitrogens with one attached hydrogen (secondary N) is 1. The van der Waals surface area contributed by atoms with Crippen molar-refractivity contribution < 1.29 is 13.9 Å². The summed E-state index contributed by atoms with van der Waals surface area (Å²) < 4.78 is 18.5. The third kappa shape index (κ3) is 2.60. The maximum atomic E-state index is 5.65. The summed E-state index contributed by atoms with van der Waals surface area (Å²) in [7, 11) is 1.89. The van der Waals surface area contributed by atoms with Gasteiger partial charge in [-0.1, -0.05) is 15.9 Å². The Morgan fingerprint density at radius 1 is 1.10 bits per heavy atom. The molecule has 1 aliphatic heterocycles. The van der Waals surface area contributed by atoms with Crippen LogP contribution in [0, 0.1) is 0 Å². The van der Waals surface area contributed by atoms with E-state index in [2.05, 4.69) is 37.2 Å². The molecule has 0 saturated carbocycles. The van der Waals surface area contributed by atoms with Gasteiger partial charge in [-0.15, -0.1) is 0 Å². The van der Waals surface area contributed by atoms with Crippen molar-refractivity contribution in [3.8, 4) is 11.5 Å². The first-order valence-corrected chi connectivity index (χ1v) is 7.79. The molecular formula is C14H13Br2NO3. The summed E-state index contributed by atoms with van der Waals surface area (Å²) in [5, 5.41) is 3.25. The molecule has 1 aromatic carbocycles. The van der Waals surface area contributed by atoms with Crippen LogP contribution in [0.5, 0.6) is 11.5 Å². The van der Waals surface area contributed by atoms with Gasteiger partial charge in [0.05, 0.1) is 6.04 Å². The molecule has 0 spiro atoms. The smallest absolute Gasteiger partial charge is 0.169 e. The highest BCUT2D eigenvalue weighted by Crippen LogP contribution is 2.39. The third-order valence-corrected chi connectivity index (χ3v) is 4.25. The molecular weight excluding hydrogens is 390 g/mol. The minimum absolute atomic E-state index is 0.0634. The van der Waals surface area contributed by atoms with Crippen LogP contribution < -0.4 is 14.8 Å². The largest absolute Gasteiger partial charge is 0.486 e. The standard InChI is InChI=1S/C14H13Br2NO3/c1-17-14(10-2-3-13(16)20-10)8-6-11-12(7-9(8)15)19-5-4-18-11/h2-3,6-7,14,17H,4-5H2,1H3. The van der Waals surface area contributed by atoms with E-state index >= 15 is 0 Å². The van der Waals surface area contributed by atoms with E-state index in [4.69, 9.17) is 13.9 Å². The molecule has 2 heterocycles. The van der Waals surface area contributed by atoms with Crippen LogP contribution in [0.3, 0.4) is 0 Å². The summed E-state index contributed by atoms with van der Waals surface area (Å²) in [5.41, 5.74) is 1.04. The molecule has 0 bridgehead atoms. The molecule has 0 fully saturated rings. The zero-order valence-corrected chi connectivity index (χ0v) is 14.0. The summed E-state index contributed by atoms with van der Waals surface area (Å²) in [6.07, 6.45) is 0. The van der Waals surface area contributed by atoms with Crippen LogP contribution >= 0.6 is 31.9 Å². The van der Waals surface area contributed by atoms with Gasteiger partial charge in [0, 0.05) is 4.47 Å². The highest BCUT2D eigenvalue weighted by atomic mass is 79.9. The number of hydrogen-bond acceptors (Lipinski definition) is 4. The Kier molecular flexibility index (Phi) is 4.05. The topological polar surface area (TPSA) is 43.6 Å². The lowest BCUT2D eigenvalue weighted by Gasteiger charge is -2.22. The molecule has 1 unspecified atom stereocenters. The fourth-order valence-corrected chi connectivity index (χ4v) is 3.11. The summed E-state index contributed by atoms with van der Waals surface area (Å²) in [6.45, 7) is 1.16. The number of furan rings is 1. The van der Waals surface area contributed by atoms with Crippen molar-refractivity contribution in [2.24, 2.45) is 0 Å². The normalized spacial score (nSPS) is 15.2. The van der Waals surface area contributed by atoms with E-state index < -0.39 is 0 Å². The Hall–Kier alpha value is -0.980. The predicted molar refractivity (Wildman–Crippen MR) is 82.4 cm³/mol. The minimum Gasteiger partial charge on any atom is -0.486 e.